The van der Waals surface area contributed by atoms with Crippen molar-refractivity contribution in [3.8, 4) is 5.75 Å². The number of phenols is 1. The number of hydrogen-bond donors (Lipinski definition) is 1. The Morgan fingerprint density at radius 3 is 1.43 bits per heavy atom. The molecule has 5 heteroatoms. The van der Waals surface area contributed by atoms with Gasteiger partial charge in [-0.15, -0.1) is 0 Å². The van der Waals surface area contributed by atoms with Crippen LogP contribution in [0.2, 0.25) is 0 Å². The molecule has 1 aromatic rings. The van der Waals surface area contributed by atoms with Crippen molar-refractivity contribution in [3.05, 3.63) is 24.3 Å². The summed E-state index contributed by atoms with van der Waals surface area (Å²) in [7, 11) is -1.72. The molecule has 1 rings (SSSR count). The van der Waals surface area contributed by atoms with E-state index in [0.29, 0.717) is 12.1 Å². The fourth-order valence-electron chi connectivity index (χ4n) is 3.79. The van der Waals surface area contributed by atoms with Crippen LogP contribution in [0.1, 0.15) is 110 Å². The summed E-state index contributed by atoms with van der Waals surface area (Å²) in [6, 6.07) is 6.27. The van der Waals surface area contributed by atoms with E-state index >= 15 is 0 Å². The topological polar surface area (TPSA) is 57.6 Å². The van der Waals surface area contributed by atoms with Gasteiger partial charge in [-0.1, -0.05) is 103 Å². The maximum atomic E-state index is 12.4. The molecule has 30 heavy (non-hydrogen) atoms. The third-order valence-electron chi connectivity index (χ3n) is 5.89. The number of benzene rings is 1. The van der Waals surface area contributed by atoms with Gasteiger partial charge < -0.3 is 5.11 Å². The summed E-state index contributed by atoms with van der Waals surface area (Å²) in [5.74, 6) is 0.324. The van der Waals surface area contributed by atoms with Crippen molar-refractivity contribution in [1.29, 1.82) is 0 Å². The van der Waals surface area contributed by atoms with Crippen LogP contribution in [0.25, 0.3) is 0 Å². The van der Waals surface area contributed by atoms with E-state index in [0.717, 1.165) is 12.8 Å². The number of hydrogen-bond acceptors (Lipinski definition) is 3. The molecule has 0 radical (unpaired) electrons. The molecule has 4 nitrogen and oxygen atoms in total. The number of unbranched alkanes of at least 4 members (excludes halogenated alkanes) is 15. The Hall–Kier alpha value is -1.23. The SMILES string of the molecule is CCCCCCCCCCCCCCCCCCS(=O)(=O)N(C)c1ccc(O)cc1. The van der Waals surface area contributed by atoms with E-state index in [-0.39, 0.29) is 11.5 Å². The second kappa shape index (κ2) is 16.5. The van der Waals surface area contributed by atoms with E-state index in [4.69, 9.17) is 0 Å². The zero-order chi connectivity index (χ0) is 22.1. The van der Waals surface area contributed by atoms with Gasteiger partial charge in [0.15, 0.2) is 0 Å². The summed E-state index contributed by atoms with van der Waals surface area (Å²) in [6.07, 6.45) is 20.5. The van der Waals surface area contributed by atoms with Crippen LogP contribution in [0.4, 0.5) is 5.69 Å². The minimum atomic E-state index is -3.29. The highest BCUT2D eigenvalue weighted by Crippen LogP contribution is 2.21. The number of nitrogens with zero attached hydrogens (tertiary/aromatic N) is 1. The lowest BCUT2D eigenvalue weighted by molar-refractivity contribution is 0.475. The van der Waals surface area contributed by atoms with Gasteiger partial charge in [-0.05, 0) is 30.7 Å². The molecule has 0 aliphatic carbocycles. The lowest BCUT2D eigenvalue weighted by atomic mass is 10.0. The van der Waals surface area contributed by atoms with Crippen LogP contribution in [0.3, 0.4) is 0 Å². The lowest BCUT2D eigenvalue weighted by Gasteiger charge is -2.19. The lowest BCUT2D eigenvalue weighted by Crippen LogP contribution is -2.28. The van der Waals surface area contributed by atoms with E-state index in [1.54, 1.807) is 19.2 Å². The quantitative estimate of drug-likeness (QED) is 0.228. The van der Waals surface area contributed by atoms with Crippen molar-refractivity contribution in [2.75, 3.05) is 17.1 Å². The minimum Gasteiger partial charge on any atom is -0.508 e. The summed E-state index contributed by atoms with van der Waals surface area (Å²) in [4.78, 5) is 0. The van der Waals surface area contributed by atoms with Crippen LogP contribution in [-0.4, -0.2) is 26.3 Å². The molecule has 0 heterocycles. The van der Waals surface area contributed by atoms with Gasteiger partial charge in [0, 0.05) is 7.05 Å². The first-order chi connectivity index (χ1) is 14.5. The van der Waals surface area contributed by atoms with E-state index in [1.807, 2.05) is 0 Å². The van der Waals surface area contributed by atoms with Gasteiger partial charge >= 0.3 is 0 Å². The third kappa shape index (κ3) is 12.5. The summed E-state index contributed by atoms with van der Waals surface area (Å²) in [5.41, 5.74) is 0.587. The minimum absolute atomic E-state index is 0.141. The first-order valence-electron chi connectivity index (χ1n) is 12.2. The molecule has 0 amide bonds. The summed E-state index contributed by atoms with van der Waals surface area (Å²) in [5, 5.41) is 9.33. The van der Waals surface area contributed by atoms with Gasteiger partial charge in [0.05, 0.1) is 11.4 Å². The summed E-state index contributed by atoms with van der Waals surface area (Å²) < 4.78 is 26.2. The fraction of sp³-hybridized carbons (Fsp3) is 0.760. The Balaban J connectivity index is 1.95. The van der Waals surface area contributed by atoms with Crippen molar-refractivity contribution >= 4 is 15.7 Å². The Morgan fingerprint density at radius 2 is 1.03 bits per heavy atom. The molecule has 174 valence electrons. The average Bonchev–Trinajstić information content (AvgIpc) is 2.73. The molecule has 0 spiro atoms. The molecule has 1 aromatic carbocycles. The van der Waals surface area contributed by atoms with Crippen LogP contribution in [0.5, 0.6) is 5.75 Å². The number of rotatable bonds is 19. The molecule has 0 unspecified atom stereocenters. The number of anilines is 1. The van der Waals surface area contributed by atoms with E-state index in [2.05, 4.69) is 6.92 Å². The van der Waals surface area contributed by atoms with Crippen molar-refractivity contribution in [3.63, 3.8) is 0 Å². The number of phenolic OH excluding ortho intramolecular Hbond substituents is 1. The molecule has 0 aliphatic rings. The largest absolute Gasteiger partial charge is 0.508 e. The zero-order valence-electron chi connectivity index (χ0n) is 19.4. The molecule has 0 atom stereocenters. The molecular formula is C25H45NO3S. The van der Waals surface area contributed by atoms with E-state index in [1.165, 1.54) is 99.9 Å². The highest BCUT2D eigenvalue weighted by atomic mass is 32.2. The maximum absolute atomic E-state index is 12.4. The molecule has 0 saturated carbocycles. The smallest absolute Gasteiger partial charge is 0.234 e. The molecule has 0 aromatic heterocycles. The Bertz CT molecular complexity index is 628. The van der Waals surface area contributed by atoms with Crippen LogP contribution < -0.4 is 4.31 Å². The summed E-state index contributed by atoms with van der Waals surface area (Å²) in [6.45, 7) is 2.27. The maximum Gasteiger partial charge on any atom is 0.234 e. The first kappa shape index (κ1) is 26.8. The molecule has 0 saturated heterocycles. The monoisotopic (exact) mass is 439 g/mol. The molecule has 1 N–H and O–H groups in total. The second-order valence-corrected chi connectivity index (χ2v) is 10.7. The van der Waals surface area contributed by atoms with E-state index in [9.17, 15) is 13.5 Å². The predicted molar refractivity (Wildman–Crippen MR) is 130 cm³/mol. The fourth-order valence-corrected chi connectivity index (χ4v) is 5.08. The van der Waals surface area contributed by atoms with Crippen LogP contribution >= 0.6 is 0 Å². The first-order valence-corrected chi connectivity index (χ1v) is 13.8. The van der Waals surface area contributed by atoms with Crippen molar-refractivity contribution < 1.29 is 13.5 Å². The average molecular weight is 440 g/mol. The number of sulfonamides is 1. The Labute approximate surface area is 186 Å². The Kier molecular flexibility index (Phi) is 14.7. The summed E-state index contributed by atoms with van der Waals surface area (Å²) >= 11 is 0. The van der Waals surface area contributed by atoms with Gasteiger partial charge in [0.1, 0.15) is 5.75 Å². The zero-order valence-corrected chi connectivity index (χ0v) is 20.3. The van der Waals surface area contributed by atoms with Crippen LogP contribution in [0, 0.1) is 0 Å². The van der Waals surface area contributed by atoms with Crippen LogP contribution in [0.15, 0.2) is 24.3 Å². The number of aromatic hydroxyl groups is 1. The van der Waals surface area contributed by atoms with Crippen molar-refractivity contribution in [2.24, 2.45) is 0 Å². The molecule has 0 bridgehead atoms. The highest BCUT2D eigenvalue weighted by Gasteiger charge is 2.17. The molecule has 0 fully saturated rings. The standard InChI is InChI=1S/C25H45NO3S/c1-3-4-5-6-7-8-9-10-11-12-13-14-15-16-17-18-23-30(28,29)26(2)24-19-21-25(27)22-20-24/h19-22,27H,3-18,23H2,1-2H3. The van der Waals surface area contributed by atoms with Gasteiger partial charge in [-0.25, -0.2) is 8.42 Å². The van der Waals surface area contributed by atoms with Gasteiger partial charge in [-0.3, -0.25) is 4.31 Å². The Morgan fingerprint density at radius 1 is 0.667 bits per heavy atom. The highest BCUT2D eigenvalue weighted by molar-refractivity contribution is 7.92. The predicted octanol–water partition coefficient (Wildman–Crippen LogP) is 7.42. The van der Waals surface area contributed by atoms with E-state index < -0.39 is 10.0 Å². The van der Waals surface area contributed by atoms with Crippen molar-refractivity contribution in [1.82, 2.24) is 0 Å². The second-order valence-electron chi connectivity index (χ2n) is 8.60. The van der Waals surface area contributed by atoms with Crippen molar-refractivity contribution in [2.45, 2.75) is 110 Å². The van der Waals surface area contributed by atoms with Gasteiger partial charge in [0.25, 0.3) is 0 Å². The van der Waals surface area contributed by atoms with Crippen LogP contribution in [-0.2, 0) is 10.0 Å². The normalized spacial score (nSPS) is 11.7. The molecular weight excluding hydrogens is 394 g/mol. The van der Waals surface area contributed by atoms with Gasteiger partial charge in [-0.2, -0.15) is 0 Å². The third-order valence-corrected chi connectivity index (χ3v) is 7.74. The molecule has 0 aliphatic heterocycles. The van der Waals surface area contributed by atoms with Gasteiger partial charge in [0.2, 0.25) is 10.0 Å².